The Hall–Kier alpha value is -2.13. The number of benzene rings is 2. The van der Waals surface area contributed by atoms with E-state index in [1.165, 1.54) is 11.3 Å². The topological polar surface area (TPSA) is 9.23 Å². The van der Waals surface area contributed by atoms with E-state index >= 15 is 0 Å². The van der Waals surface area contributed by atoms with E-state index in [0.29, 0.717) is 11.7 Å². The molecule has 1 nitrogen and oxygen atoms in total. The maximum Gasteiger partial charge on any atom is 0.132 e. The molecule has 1 aliphatic rings. The predicted octanol–water partition coefficient (Wildman–Crippen LogP) is 6.46. The molecule has 1 saturated carbocycles. The van der Waals surface area contributed by atoms with Gasteiger partial charge in [-0.3, -0.25) is 0 Å². The van der Waals surface area contributed by atoms with E-state index in [2.05, 4.69) is 0 Å². The Kier molecular flexibility index (Phi) is 4.11. The van der Waals surface area contributed by atoms with Crippen LogP contribution in [-0.4, -0.2) is 6.10 Å². The molecule has 3 heteroatoms. The summed E-state index contributed by atoms with van der Waals surface area (Å²) in [5, 5.41) is 0. The highest BCUT2D eigenvalue weighted by Crippen LogP contribution is 2.33. The zero-order chi connectivity index (χ0) is 16.5. The number of aryl methyl sites for hydroxylation is 1. The lowest BCUT2D eigenvalue weighted by atomic mass is 9.96. The fourth-order valence-corrected chi connectivity index (χ4v) is 3.78. The van der Waals surface area contributed by atoms with Crippen LogP contribution in [0, 0.1) is 12.7 Å². The molecule has 0 aliphatic heterocycles. The second kappa shape index (κ2) is 6.40. The third kappa shape index (κ3) is 3.09. The van der Waals surface area contributed by atoms with Gasteiger partial charge >= 0.3 is 0 Å². The zero-order valence-corrected chi connectivity index (χ0v) is 14.4. The van der Waals surface area contributed by atoms with Crippen molar-refractivity contribution in [3.8, 4) is 27.3 Å². The van der Waals surface area contributed by atoms with Crippen LogP contribution in [0.4, 0.5) is 4.39 Å². The smallest absolute Gasteiger partial charge is 0.132 e. The second-order valence-corrected chi connectivity index (χ2v) is 7.59. The molecule has 3 aromatic rings. The van der Waals surface area contributed by atoms with E-state index in [-0.39, 0.29) is 5.82 Å². The Labute approximate surface area is 145 Å². The lowest BCUT2D eigenvalue weighted by molar-refractivity contribution is 0.120. The third-order valence-corrected chi connectivity index (χ3v) is 5.55. The van der Waals surface area contributed by atoms with Gasteiger partial charge in [-0.15, -0.1) is 11.3 Å². The summed E-state index contributed by atoms with van der Waals surface area (Å²) in [6.45, 7) is 2.04. The molecule has 2 aromatic carbocycles. The lowest BCUT2D eigenvalue weighted by Crippen LogP contribution is -2.24. The molecular weight excluding hydrogens is 319 g/mol. The standard InChI is InChI=1S/C21H19FOS/c1-14-5-12-21(24-14)19-11-8-16(13-20(19)22)15-6-9-18(10-7-15)23-17-3-2-4-17/h5-13,17H,2-4H2,1H3. The summed E-state index contributed by atoms with van der Waals surface area (Å²) in [6, 6.07) is 17.4. The van der Waals surface area contributed by atoms with Crippen molar-refractivity contribution in [2.45, 2.75) is 32.3 Å². The molecule has 0 bridgehead atoms. The van der Waals surface area contributed by atoms with Crippen LogP contribution in [0.2, 0.25) is 0 Å². The van der Waals surface area contributed by atoms with Crippen LogP contribution in [-0.2, 0) is 0 Å². The van der Waals surface area contributed by atoms with Crippen LogP contribution in [0.25, 0.3) is 21.6 Å². The normalized spacial score (nSPS) is 14.4. The van der Waals surface area contributed by atoms with Crippen molar-refractivity contribution in [3.63, 3.8) is 0 Å². The molecule has 0 amide bonds. The average Bonchev–Trinajstić information content (AvgIpc) is 2.98. The Balaban J connectivity index is 1.56. The van der Waals surface area contributed by atoms with E-state index in [1.807, 2.05) is 55.5 Å². The SMILES string of the molecule is Cc1ccc(-c2ccc(-c3ccc(OC4CCC4)cc3)cc2F)s1. The summed E-state index contributed by atoms with van der Waals surface area (Å²) in [4.78, 5) is 2.16. The van der Waals surface area contributed by atoms with Crippen molar-refractivity contribution in [1.82, 2.24) is 0 Å². The summed E-state index contributed by atoms with van der Waals surface area (Å²) < 4.78 is 20.4. The lowest BCUT2D eigenvalue weighted by Gasteiger charge is -2.26. The van der Waals surface area contributed by atoms with E-state index in [0.717, 1.165) is 34.6 Å². The molecule has 4 rings (SSSR count). The van der Waals surface area contributed by atoms with Gasteiger partial charge in [0, 0.05) is 15.3 Å². The molecule has 1 heterocycles. The minimum absolute atomic E-state index is 0.177. The summed E-state index contributed by atoms with van der Waals surface area (Å²) in [5.41, 5.74) is 2.56. The van der Waals surface area contributed by atoms with Crippen LogP contribution in [0.1, 0.15) is 24.1 Å². The Morgan fingerprint density at radius 2 is 1.71 bits per heavy atom. The molecular formula is C21H19FOS. The number of hydrogen-bond acceptors (Lipinski definition) is 2. The van der Waals surface area contributed by atoms with Gasteiger partial charge < -0.3 is 4.74 Å². The number of halogens is 1. The highest BCUT2D eigenvalue weighted by Gasteiger charge is 2.18. The Bertz CT molecular complexity index is 847. The quantitative estimate of drug-likeness (QED) is 0.530. The summed E-state index contributed by atoms with van der Waals surface area (Å²) in [5.74, 6) is 0.721. The Morgan fingerprint density at radius 3 is 2.29 bits per heavy atom. The van der Waals surface area contributed by atoms with Gasteiger partial charge in [0.15, 0.2) is 0 Å². The Morgan fingerprint density at radius 1 is 0.958 bits per heavy atom. The average molecular weight is 338 g/mol. The molecule has 0 radical (unpaired) electrons. The van der Waals surface area contributed by atoms with Crippen molar-refractivity contribution < 1.29 is 9.13 Å². The first-order chi connectivity index (χ1) is 11.7. The first-order valence-corrected chi connectivity index (χ1v) is 9.14. The van der Waals surface area contributed by atoms with Crippen LogP contribution < -0.4 is 4.74 Å². The monoisotopic (exact) mass is 338 g/mol. The van der Waals surface area contributed by atoms with Crippen molar-refractivity contribution in [2.24, 2.45) is 0 Å². The largest absolute Gasteiger partial charge is 0.490 e. The van der Waals surface area contributed by atoms with Gasteiger partial charge in [-0.05, 0) is 73.7 Å². The number of thiophene rings is 1. The fraction of sp³-hybridized carbons (Fsp3) is 0.238. The van der Waals surface area contributed by atoms with Gasteiger partial charge in [0.2, 0.25) is 0 Å². The number of ether oxygens (including phenoxy) is 1. The summed E-state index contributed by atoms with van der Waals surface area (Å²) in [7, 11) is 0. The first kappa shape index (κ1) is 15.4. The van der Waals surface area contributed by atoms with Gasteiger partial charge in [-0.25, -0.2) is 4.39 Å². The van der Waals surface area contributed by atoms with Gasteiger partial charge in [0.05, 0.1) is 6.10 Å². The highest BCUT2D eigenvalue weighted by molar-refractivity contribution is 7.15. The molecule has 122 valence electrons. The summed E-state index contributed by atoms with van der Waals surface area (Å²) in [6.07, 6.45) is 3.94. The molecule has 0 saturated heterocycles. The van der Waals surface area contributed by atoms with Crippen molar-refractivity contribution >= 4 is 11.3 Å². The molecule has 0 atom stereocenters. The van der Waals surface area contributed by atoms with Crippen LogP contribution in [0.15, 0.2) is 54.6 Å². The van der Waals surface area contributed by atoms with Gasteiger partial charge in [0.25, 0.3) is 0 Å². The van der Waals surface area contributed by atoms with Crippen LogP contribution in [0.3, 0.4) is 0 Å². The fourth-order valence-electron chi connectivity index (χ4n) is 2.88. The third-order valence-electron chi connectivity index (χ3n) is 4.52. The second-order valence-electron chi connectivity index (χ2n) is 6.30. The minimum atomic E-state index is -0.177. The van der Waals surface area contributed by atoms with Crippen LogP contribution in [0.5, 0.6) is 5.75 Å². The minimum Gasteiger partial charge on any atom is -0.490 e. The summed E-state index contributed by atoms with van der Waals surface area (Å²) >= 11 is 1.62. The van der Waals surface area contributed by atoms with Gasteiger partial charge in [-0.2, -0.15) is 0 Å². The maximum atomic E-state index is 14.5. The molecule has 0 spiro atoms. The molecule has 1 aromatic heterocycles. The van der Waals surface area contributed by atoms with Crippen molar-refractivity contribution in [3.05, 3.63) is 65.3 Å². The molecule has 0 unspecified atom stereocenters. The zero-order valence-electron chi connectivity index (χ0n) is 13.6. The van der Waals surface area contributed by atoms with Crippen LogP contribution >= 0.6 is 11.3 Å². The molecule has 24 heavy (non-hydrogen) atoms. The number of rotatable bonds is 4. The molecule has 1 fully saturated rings. The predicted molar refractivity (Wildman–Crippen MR) is 98.2 cm³/mol. The van der Waals surface area contributed by atoms with E-state index in [4.69, 9.17) is 4.74 Å². The van der Waals surface area contributed by atoms with E-state index in [9.17, 15) is 4.39 Å². The first-order valence-electron chi connectivity index (χ1n) is 8.32. The molecule has 1 aliphatic carbocycles. The van der Waals surface area contributed by atoms with Gasteiger partial charge in [-0.1, -0.05) is 18.2 Å². The van der Waals surface area contributed by atoms with E-state index < -0.39 is 0 Å². The van der Waals surface area contributed by atoms with E-state index in [1.54, 1.807) is 17.4 Å². The number of hydrogen-bond donors (Lipinski definition) is 0. The van der Waals surface area contributed by atoms with Gasteiger partial charge in [0.1, 0.15) is 11.6 Å². The highest BCUT2D eigenvalue weighted by atomic mass is 32.1. The van der Waals surface area contributed by atoms with Crippen molar-refractivity contribution in [2.75, 3.05) is 0 Å². The molecule has 0 N–H and O–H groups in total. The van der Waals surface area contributed by atoms with Crippen molar-refractivity contribution in [1.29, 1.82) is 0 Å². The maximum absolute atomic E-state index is 14.5.